The molecule has 3 aromatic rings. The summed E-state index contributed by atoms with van der Waals surface area (Å²) < 4.78 is 20.2. The number of aryl methyl sites for hydroxylation is 1. The molecule has 0 atom stereocenters. The lowest BCUT2D eigenvalue weighted by Gasteiger charge is -2.11. The molecule has 20 heavy (non-hydrogen) atoms. The molecule has 0 aliphatic heterocycles. The molecule has 0 fully saturated rings. The SMILES string of the molecule is COc1cc(F)cc(C)c1-n1cc2cnc(Cl)nc2n1. The van der Waals surface area contributed by atoms with Gasteiger partial charge in [0, 0.05) is 18.5 Å². The van der Waals surface area contributed by atoms with Crippen molar-refractivity contribution >= 4 is 22.6 Å². The van der Waals surface area contributed by atoms with Gasteiger partial charge in [-0.25, -0.2) is 14.1 Å². The van der Waals surface area contributed by atoms with Crippen LogP contribution in [0.1, 0.15) is 5.56 Å². The van der Waals surface area contributed by atoms with Crippen LogP contribution in [0.25, 0.3) is 16.7 Å². The lowest BCUT2D eigenvalue weighted by atomic mass is 10.2. The highest BCUT2D eigenvalue weighted by Crippen LogP contribution is 2.28. The zero-order valence-corrected chi connectivity index (χ0v) is 11.5. The molecule has 0 bridgehead atoms. The van der Waals surface area contributed by atoms with Crippen molar-refractivity contribution in [1.82, 2.24) is 19.7 Å². The van der Waals surface area contributed by atoms with Crippen molar-refractivity contribution in [3.63, 3.8) is 0 Å². The van der Waals surface area contributed by atoms with Gasteiger partial charge in [0.25, 0.3) is 0 Å². The van der Waals surface area contributed by atoms with Crippen LogP contribution in [0.2, 0.25) is 5.28 Å². The molecule has 102 valence electrons. The normalized spacial score (nSPS) is 11.0. The highest BCUT2D eigenvalue weighted by Gasteiger charge is 2.14. The number of aromatic nitrogens is 4. The molecule has 1 aromatic carbocycles. The molecule has 2 heterocycles. The van der Waals surface area contributed by atoms with Gasteiger partial charge in [0.05, 0.1) is 12.5 Å². The maximum absolute atomic E-state index is 13.4. The monoisotopic (exact) mass is 292 g/mol. The van der Waals surface area contributed by atoms with Crippen LogP contribution < -0.4 is 4.74 Å². The van der Waals surface area contributed by atoms with E-state index in [-0.39, 0.29) is 11.1 Å². The number of nitrogens with zero attached hydrogens (tertiary/aromatic N) is 4. The molecule has 2 aromatic heterocycles. The van der Waals surface area contributed by atoms with E-state index in [0.717, 1.165) is 5.39 Å². The predicted octanol–water partition coefficient (Wildman–Crippen LogP) is 2.93. The van der Waals surface area contributed by atoms with E-state index < -0.39 is 0 Å². The van der Waals surface area contributed by atoms with Crippen molar-refractivity contribution in [3.05, 3.63) is 41.2 Å². The summed E-state index contributed by atoms with van der Waals surface area (Å²) in [6, 6.07) is 2.73. The fourth-order valence-electron chi connectivity index (χ4n) is 2.06. The second-order valence-corrected chi connectivity index (χ2v) is 4.60. The molecular weight excluding hydrogens is 283 g/mol. The first kappa shape index (κ1) is 12.8. The third-order valence-corrected chi connectivity index (χ3v) is 3.09. The van der Waals surface area contributed by atoms with Crippen molar-refractivity contribution < 1.29 is 9.13 Å². The maximum Gasteiger partial charge on any atom is 0.224 e. The lowest BCUT2D eigenvalue weighted by Crippen LogP contribution is -2.02. The van der Waals surface area contributed by atoms with Gasteiger partial charge in [-0.15, -0.1) is 5.10 Å². The summed E-state index contributed by atoms with van der Waals surface area (Å²) in [5.74, 6) is 0.0389. The number of ether oxygens (including phenoxy) is 1. The van der Waals surface area contributed by atoms with Crippen molar-refractivity contribution in [3.8, 4) is 11.4 Å². The molecular formula is C13H10ClFN4O. The molecule has 0 saturated carbocycles. The third-order valence-electron chi connectivity index (χ3n) is 2.91. The van der Waals surface area contributed by atoms with Crippen molar-refractivity contribution in [1.29, 1.82) is 0 Å². The first-order valence-electron chi connectivity index (χ1n) is 5.81. The van der Waals surface area contributed by atoms with Crippen LogP contribution in [0.15, 0.2) is 24.5 Å². The van der Waals surface area contributed by atoms with Crippen molar-refractivity contribution in [2.24, 2.45) is 0 Å². The molecule has 0 aliphatic rings. The summed E-state index contributed by atoms with van der Waals surface area (Å²) in [5.41, 5.74) is 1.83. The molecule has 0 spiro atoms. The van der Waals surface area contributed by atoms with Crippen LogP contribution in [0.4, 0.5) is 4.39 Å². The van der Waals surface area contributed by atoms with E-state index in [1.165, 1.54) is 19.2 Å². The maximum atomic E-state index is 13.4. The van der Waals surface area contributed by atoms with Crippen molar-refractivity contribution in [2.45, 2.75) is 6.92 Å². The summed E-state index contributed by atoms with van der Waals surface area (Å²) in [4.78, 5) is 7.94. The average molecular weight is 293 g/mol. The van der Waals surface area contributed by atoms with Crippen LogP contribution in [0.3, 0.4) is 0 Å². The number of benzene rings is 1. The Labute approximate surface area is 119 Å². The van der Waals surface area contributed by atoms with Gasteiger partial charge in [0.1, 0.15) is 17.3 Å². The van der Waals surface area contributed by atoms with Crippen LogP contribution in [-0.4, -0.2) is 26.9 Å². The zero-order chi connectivity index (χ0) is 14.3. The summed E-state index contributed by atoms with van der Waals surface area (Å²) in [7, 11) is 1.48. The summed E-state index contributed by atoms with van der Waals surface area (Å²) in [5, 5.41) is 5.19. The van der Waals surface area contributed by atoms with E-state index >= 15 is 0 Å². The second kappa shape index (κ2) is 4.72. The topological polar surface area (TPSA) is 52.8 Å². The molecule has 0 saturated heterocycles. The van der Waals surface area contributed by atoms with Gasteiger partial charge in [0.15, 0.2) is 5.65 Å². The Morgan fingerprint density at radius 3 is 2.90 bits per heavy atom. The Morgan fingerprint density at radius 1 is 1.35 bits per heavy atom. The summed E-state index contributed by atoms with van der Waals surface area (Å²) in [6.45, 7) is 1.78. The van der Waals surface area contributed by atoms with Gasteiger partial charge in [-0.1, -0.05) is 0 Å². The minimum Gasteiger partial charge on any atom is -0.494 e. The smallest absolute Gasteiger partial charge is 0.224 e. The largest absolute Gasteiger partial charge is 0.494 e. The molecule has 0 amide bonds. The molecule has 0 aliphatic carbocycles. The standard InChI is InChI=1S/C13H10ClFN4O/c1-7-3-9(15)4-10(20-2)11(7)19-6-8-5-16-13(14)17-12(8)18-19/h3-6H,1-2H3. The van der Waals surface area contributed by atoms with Crippen LogP contribution in [0.5, 0.6) is 5.75 Å². The van der Waals surface area contributed by atoms with E-state index in [2.05, 4.69) is 15.1 Å². The average Bonchev–Trinajstić information content (AvgIpc) is 2.79. The number of hydrogen-bond acceptors (Lipinski definition) is 4. The van der Waals surface area contributed by atoms with Crippen LogP contribution >= 0.6 is 11.6 Å². The van der Waals surface area contributed by atoms with Gasteiger partial charge in [-0.3, -0.25) is 0 Å². The number of halogens is 2. The molecule has 3 rings (SSSR count). The molecule has 7 heteroatoms. The summed E-state index contributed by atoms with van der Waals surface area (Å²) in [6.07, 6.45) is 3.33. The first-order valence-corrected chi connectivity index (χ1v) is 6.18. The number of fused-ring (bicyclic) bond motifs is 1. The van der Waals surface area contributed by atoms with E-state index in [9.17, 15) is 4.39 Å². The van der Waals surface area contributed by atoms with Gasteiger partial charge in [-0.2, -0.15) is 4.98 Å². The quantitative estimate of drug-likeness (QED) is 0.682. The van der Waals surface area contributed by atoms with Crippen LogP contribution in [-0.2, 0) is 0 Å². The predicted molar refractivity (Wildman–Crippen MR) is 72.9 cm³/mol. The molecule has 5 nitrogen and oxygen atoms in total. The van der Waals surface area contributed by atoms with Crippen molar-refractivity contribution in [2.75, 3.05) is 7.11 Å². The zero-order valence-electron chi connectivity index (χ0n) is 10.8. The Balaban J connectivity index is 2.25. The number of methoxy groups -OCH3 is 1. The minimum atomic E-state index is -0.359. The fraction of sp³-hybridized carbons (Fsp3) is 0.154. The molecule has 0 unspecified atom stereocenters. The Morgan fingerprint density at radius 2 is 2.15 bits per heavy atom. The fourth-order valence-corrected chi connectivity index (χ4v) is 2.19. The van der Waals surface area contributed by atoms with E-state index in [4.69, 9.17) is 16.3 Å². The lowest BCUT2D eigenvalue weighted by molar-refractivity contribution is 0.408. The summed E-state index contributed by atoms with van der Waals surface area (Å²) >= 11 is 5.74. The van der Waals surface area contributed by atoms with E-state index in [1.54, 1.807) is 24.0 Å². The highest BCUT2D eigenvalue weighted by atomic mass is 35.5. The van der Waals surface area contributed by atoms with Gasteiger partial charge >= 0.3 is 0 Å². The van der Waals surface area contributed by atoms with Crippen LogP contribution in [0, 0.1) is 12.7 Å². The first-order chi connectivity index (χ1) is 9.58. The second-order valence-electron chi connectivity index (χ2n) is 4.27. The molecule has 0 radical (unpaired) electrons. The third kappa shape index (κ3) is 2.08. The minimum absolute atomic E-state index is 0.130. The Hall–Kier alpha value is -2.21. The highest BCUT2D eigenvalue weighted by molar-refractivity contribution is 6.28. The van der Waals surface area contributed by atoms with Gasteiger partial charge in [-0.05, 0) is 30.2 Å². The molecule has 0 N–H and O–H groups in total. The number of rotatable bonds is 2. The Bertz CT molecular complexity index is 802. The van der Waals surface area contributed by atoms with E-state index in [0.29, 0.717) is 22.6 Å². The number of hydrogen-bond donors (Lipinski definition) is 0. The van der Waals surface area contributed by atoms with E-state index in [1.807, 2.05) is 0 Å². The van der Waals surface area contributed by atoms with Gasteiger partial charge < -0.3 is 4.74 Å². The Kier molecular flexibility index (Phi) is 3.02. The van der Waals surface area contributed by atoms with Gasteiger partial charge in [0.2, 0.25) is 5.28 Å².